The molecule has 134 valence electrons. The SMILES string of the molecule is C=CCNC(=O)[C@H](C)Sc1nc2scc(-c3ccc(F)cc3)c2c(=O)[nH]1. The summed E-state index contributed by atoms with van der Waals surface area (Å²) < 4.78 is 13.1. The van der Waals surface area contributed by atoms with Crippen LogP contribution in [0.3, 0.4) is 0 Å². The average molecular weight is 389 g/mol. The third-order valence-electron chi connectivity index (χ3n) is 3.66. The summed E-state index contributed by atoms with van der Waals surface area (Å²) in [5.41, 5.74) is 1.19. The molecule has 0 fully saturated rings. The fourth-order valence-electron chi connectivity index (χ4n) is 2.36. The molecule has 0 saturated carbocycles. The van der Waals surface area contributed by atoms with Gasteiger partial charge in [0.25, 0.3) is 5.56 Å². The van der Waals surface area contributed by atoms with E-state index in [4.69, 9.17) is 0 Å². The number of hydrogen-bond acceptors (Lipinski definition) is 5. The highest BCUT2D eigenvalue weighted by Gasteiger charge is 2.18. The van der Waals surface area contributed by atoms with Gasteiger partial charge in [0.1, 0.15) is 10.6 Å². The number of amides is 1. The number of aromatic amines is 1. The van der Waals surface area contributed by atoms with E-state index in [0.29, 0.717) is 27.5 Å². The Morgan fingerprint density at radius 3 is 2.88 bits per heavy atom. The highest BCUT2D eigenvalue weighted by molar-refractivity contribution is 8.00. The Morgan fingerprint density at radius 2 is 2.19 bits per heavy atom. The summed E-state index contributed by atoms with van der Waals surface area (Å²) in [5.74, 6) is -0.487. The molecule has 0 bridgehead atoms. The molecule has 0 aliphatic heterocycles. The molecule has 0 saturated heterocycles. The second-order valence-electron chi connectivity index (χ2n) is 5.50. The number of fused-ring (bicyclic) bond motifs is 1. The van der Waals surface area contributed by atoms with Crippen molar-refractivity contribution in [1.82, 2.24) is 15.3 Å². The first-order valence-electron chi connectivity index (χ1n) is 7.82. The molecule has 2 N–H and O–H groups in total. The first-order chi connectivity index (χ1) is 12.5. The fourth-order valence-corrected chi connectivity index (χ4v) is 4.19. The Bertz CT molecular complexity index is 1010. The molecule has 2 heterocycles. The van der Waals surface area contributed by atoms with Gasteiger partial charge in [-0.1, -0.05) is 30.0 Å². The molecule has 2 aromatic heterocycles. The number of hydrogen-bond donors (Lipinski definition) is 2. The van der Waals surface area contributed by atoms with Gasteiger partial charge < -0.3 is 10.3 Å². The summed E-state index contributed by atoms with van der Waals surface area (Å²) in [4.78, 5) is 32.3. The van der Waals surface area contributed by atoms with Crippen molar-refractivity contribution in [2.24, 2.45) is 0 Å². The molecule has 1 amide bonds. The van der Waals surface area contributed by atoms with E-state index in [9.17, 15) is 14.0 Å². The van der Waals surface area contributed by atoms with E-state index in [0.717, 1.165) is 5.56 Å². The molecule has 1 aromatic carbocycles. The molecule has 5 nitrogen and oxygen atoms in total. The first kappa shape index (κ1) is 18.3. The number of thioether (sulfide) groups is 1. The molecule has 0 spiro atoms. The number of nitrogens with one attached hydrogen (secondary N) is 2. The number of thiophene rings is 1. The van der Waals surface area contributed by atoms with Crippen molar-refractivity contribution in [3.05, 3.63) is 58.5 Å². The number of carbonyl (C=O) groups is 1. The van der Waals surface area contributed by atoms with E-state index in [1.54, 1.807) is 25.1 Å². The van der Waals surface area contributed by atoms with Crippen molar-refractivity contribution in [2.45, 2.75) is 17.3 Å². The largest absolute Gasteiger partial charge is 0.352 e. The minimum Gasteiger partial charge on any atom is -0.352 e. The van der Waals surface area contributed by atoms with Crippen LogP contribution in [0.25, 0.3) is 21.3 Å². The third kappa shape index (κ3) is 3.86. The van der Waals surface area contributed by atoms with Crippen LogP contribution in [0.5, 0.6) is 0 Å². The quantitative estimate of drug-likeness (QED) is 0.384. The maximum absolute atomic E-state index is 13.1. The normalized spacial score (nSPS) is 12.1. The number of rotatable bonds is 6. The van der Waals surface area contributed by atoms with Crippen molar-refractivity contribution in [1.29, 1.82) is 0 Å². The van der Waals surface area contributed by atoms with Crippen LogP contribution < -0.4 is 10.9 Å². The van der Waals surface area contributed by atoms with E-state index in [-0.39, 0.29) is 17.3 Å². The van der Waals surface area contributed by atoms with Crippen LogP contribution in [-0.2, 0) is 4.79 Å². The van der Waals surface area contributed by atoms with Crippen LogP contribution in [-0.4, -0.2) is 27.7 Å². The van der Waals surface area contributed by atoms with E-state index in [1.807, 2.05) is 5.38 Å². The maximum atomic E-state index is 13.1. The van der Waals surface area contributed by atoms with Crippen LogP contribution in [0.4, 0.5) is 4.39 Å². The van der Waals surface area contributed by atoms with Crippen LogP contribution >= 0.6 is 23.1 Å². The topological polar surface area (TPSA) is 74.8 Å². The van der Waals surface area contributed by atoms with Crippen LogP contribution in [0.1, 0.15) is 6.92 Å². The minimum absolute atomic E-state index is 0.157. The first-order valence-corrected chi connectivity index (χ1v) is 9.58. The summed E-state index contributed by atoms with van der Waals surface area (Å²) in [6, 6.07) is 5.97. The van der Waals surface area contributed by atoms with Gasteiger partial charge in [0, 0.05) is 17.5 Å². The second-order valence-corrected chi connectivity index (χ2v) is 7.69. The Balaban J connectivity index is 1.90. The van der Waals surface area contributed by atoms with Gasteiger partial charge in [-0.25, -0.2) is 9.37 Å². The lowest BCUT2D eigenvalue weighted by Gasteiger charge is -2.10. The number of nitrogens with zero attached hydrogens (tertiary/aromatic N) is 1. The lowest BCUT2D eigenvalue weighted by atomic mass is 10.1. The van der Waals surface area contributed by atoms with E-state index < -0.39 is 5.25 Å². The zero-order valence-electron chi connectivity index (χ0n) is 13.9. The molecular formula is C18H16FN3O2S2. The predicted octanol–water partition coefficient (Wildman–Crippen LogP) is 3.57. The highest BCUT2D eigenvalue weighted by Crippen LogP contribution is 2.32. The molecule has 0 aliphatic rings. The zero-order valence-corrected chi connectivity index (χ0v) is 15.5. The van der Waals surface area contributed by atoms with Crippen molar-refractivity contribution in [3.63, 3.8) is 0 Å². The van der Waals surface area contributed by atoms with Gasteiger partial charge >= 0.3 is 0 Å². The summed E-state index contributed by atoms with van der Waals surface area (Å²) in [5, 5.41) is 4.98. The number of aromatic nitrogens is 2. The van der Waals surface area contributed by atoms with Gasteiger partial charge in [0.2, 0.25) is 5.91 Å². The Labute approximate surface area is 157 Å². The van der Waals surface area contributed by atoms with Crippen LogP contribution in [0, 0.1) is 5.82 Å². The molecule has 0 aliphatic carbocycles. The maximum Gasteiger partial charge on any atom is 0.260 e. The Morgan fingerprint density at radius 1 is 1.46 bits per heavy atom. The molecule has 3 aromatic rings. The predicted molar refractivity (Wildman–Crippen MR) is 104 cm³/mol. The molecule has 3 rings (SSSR count). The van der Waals surface area contributed by atoms with E-state index in [2.05, 4.69) is 21.9 Å². The van der Waals surface area contributed by atoms with Gasteiger partial charge in [-0.2, -0.15) is 0 Å². The molecule has 0 unspecified atom stereocenters. The summed E-state index contributed by atoms with van der Waals surface area (Å²) in [6.45, 7) is 5.68. The average Bonchev–Trinajstić information content (AvgIpc) is 3.04. The lowest BCUT2D eigenvalue weighted by Crippen LogP contribution is -2.31. The molecule has 0 radical (unpaired) electrons. The minimum atomic E-state index is -0.410. The standard InChI is InChI=1S/C18H16FN3O2S2/c1-3-8-20-15(23)10(2)26-18-21-16(24)14-13(9-25-17(14)22-18)11-4-6-12(19)7-5-11/h3-7,9-10H,1,8H2,2H3,(H,20,23)(H,21,22,24)/t10-/m0/s1. The molecule has 8 heteroatoms. The lowest BCUT2D eigenvalue weighted by molar-refractivity contribution is -0.120. The molecule has 1 atom stereocenters. The van der Waals surface area contributed by atoms with E-state index >= 15 is 0 Å². The van der Waals surface area contributed by atoms with Gasteiger partial charge in [-0.05, 0) is 24.6 Å². The monoisotopic (exact) mass is 389 g/mol. The summed E-state index contributed by atoms with van der Waals surface area (Å²) >= 11 is 2.52. The Kier molecular flexibility index (Phi) is 5.53. The summed E-state index contributed by atoms with van der Waals surface area (Å²) in [6.07, 6.45) is 1.60. The molecule has 26 heavy (non-hydrogen) atoms. The Hall–Kier alpha value is -2.45. The van der Waals surface area contributed by atoms with Crippen LogP contribution in [0.15, 0.2) is 52.3 Å². The van der Waals surface area contributed by atoms with Crippen molar-refractivity contribution < 1.29 is 9.18 Å². The van der Waals surface area contributed by atoms with Crippen molar-refractivity contribution in [2.75, 3.05) is 6.54 Å². The van der Waals surface area contributed by atoms with Gasteiger partial charge in [0.15, 0.2) is 5.16 Å². The van der Waals surface area contributed by atoms with Gasteiger partial charge in [-0.3, -0.25) is 9.59 Å². The fraction of sp³-hybridized carbons (Fsp3) is 0.167. The smallest absolute Gasteiger partial charge is 0.260 e. The number of H-pyrrole nitrogens is 1. The number of benzene rings is 1. The summed E-state index contributed by atoms with van der Waals surface area (Å²) in [7, 11) is 0. The molecular weight excluding hydrogens is 373 g/mol. The van der Waals surface area contributed by atoms with Crippen molar-refractivity contribution >= 4 is 39.2 Å². The number of halogens is 1. The zero-order chi connectivity index (χ0) is 18.7. The number of carbonyl (C=O) groups excluding carboxylic acids is 1. The second kappa shape index (κ2) is 7.84. The third-order valence-corrected chi connectivity index (χ3v) is 5.51. The van der Waals surface area contributed by atoms with Crippen LogP contribution in [0.2, 0.25) is 0 Å². The van der Waals surface area contributed by atoms with Gasteiger partial charge in [0.05, 0.1) is 10.6 Å². The van der Waals surface area contributed by atoms with Gasteiger partial charge in [-0.15, -0.1) is 17.9 Å². The van der Waals surface area contributed by atoms with Crippen molar-refractivity contribution in [3.8, 4) is 11.1 Å². The van der Waals surface area contributed by atoms with E-state index in [1.165, 1.54) is 35.2 Å². The highest BCUT2D eigenvalue weighted by atomic mass is 32.2.